The average molecular weight is 364 g/mol. The van der Waals surface area contributed by atoms with Gasteiger partial charge in [-0.1, -0.05) is 31.2 Å². The summed E-state index contributed by atoms with van der Waals surface area (Å²) in [4.78, 5) is 12.1. The number of hydrogen-bond donors (Lipinski definition) is 1. The first-order valence-electron chi connectivity index (χ1n) is 7.92. The first kappa shape index (κ1) is 18.9. The molecule has 1 N–H and O–H groups in total. The fourth-order valence-electron chi connectivity index (χ4n) is 2.37. The molecule has 2 aromatic rings. The second-order valence-corrected chi connectivity index (χ2v) is 7.54. The fraction of sp³-hybridized carbons (Fsp3) is 0.278. The van der Waals surface area contributed by atoms with Crippen LogP contribution < -0.4 is 9.62 Å². The van der Waals surface area contributed by atoms with Crippen LogP contribution in [0.3, 0.4) is 0 Å². The molecule has 0 heterocycles. The lowest BCUT2D eigenvalue weighted by Gasteiger charge is -2.22. The van der Waals surface area contributed by atoms with Gasteiger partial charge in [0.25, 0.3) is 0 Å². The van der Waals surface area contributed by atoms with Crippen molar-refractivity contribution < 1.29 is 17.6 Å². The molecular weight excluding hydrogens is 343 g/mol. The van der Waals surface area contributed by atoms with Crippen molar-refractivity contribution >= 4 is 27.3 Å². The number of halogens is 1. The fourth-order valence-corrected chi connectivity index (χ4v) is 3.30. The highest BCUT2D eigenvalue weighted by Crippen LogP contribution is 2.21. The molecule has 1 amide bonds. The molecule has 0 saturated heterocycles. The van der Waals surface area contributed by atoms with Crippen LogP contribution in [-0.4, -0.2) is 27.1 Å². The molecule has 0 radical (unpaired) electrons. The van der Waals surface area contributed by atoms with Crippen LogP contribution in [0.15, 0.2) is 48.5 Å². The van der Waals surface area contributed by atoms with Crippen molar-refractivity contribution in [1.29, 1.82) is 0 Å². The van der Waals surface area contributed by atoms with E-state index in [4.69, 9.17) is 0 Å². The van der Waals surface area contributed by atoms with Crippen LogP contribution >= 0.6 is 0 Å². The van der Waals surface area contributed by atoms with Crippen LogP contribution in [0, 0.1) is 5.82 Å². The maximum Gasteiger partial charge on any atom is 0.232 e. The first-order chi connectivity index (χ1) is 11.8. The summed E-state index contributed by atoms with van der Waals surface area (Å²) in [5.41, 5.74) is 1.73. The molecule has 134 valence electrons. The number of carbonyl (C=O) groups excluding carboxylic acids is 1. The average Bonchev–Trinajstić information content (AvgIpc) is 2.56. The molecule has 5 nitrogen and oxygen atoms in total. The van der Waals surface area contributed by atoms with Gasteiger partial charge in [-0.2, -0.15) is 0 Å². The van der Waals surface area contributed by atoms with Crippen LogP contribution in [0.25, 0.3) is 0 Å². The summed E-state index contributed by atoms with van der Waals surface area (Å²) >= 11 is 0. The van der Waals surface area contributed by atoms with E-state index in [0.717, 1.165) is 22.5 Å². The van der Waals surface area contributed by atoms with E-state index in [2.05, 4.69) is 5.32 Å². The minimum Gasteiger partial charge on any atom is -0.326 e. The van der Waals surface area contributed by atoms with Gasteiger partial charge in [0, 0.05) is 18.7 Å². The zero-order valence-electron chi connectivity index (χ0n) is 14.2. The van der Waals surface area contributed by atoms with E-state index in [9.17, 15) is 17.6 Å². The van der Waals surface area contributed by atoms with Gasteiger partial charge in [0.05, 0.1) is 11.9 Å². The van der Waals surface area contributed by atoms with Gasteiger partial charge in [-0.05, 0) is 36.2 Å². The predicted molar refractivity (Wildman–Crippen MR) is 97.7 cm³/mol. The molecule has 0 spiro atoms. The normalized spacial score (nSPS) is 11.2. The number of aryl methyl sites for hydroxylation is 1. The Labute approximate surface area is 147 Å². The van der Waals surface area contributed by atoms with Crippen molar-refractivity contribution in [3.05, 3.63) is 59.9 Å². The number of benzene rings is 2. The lowest BCUT2D eigenvalue weighted by atomic mass is 10.1. The van der Waals surface area contributed by atoms with Crippen molar-refractivity contribution in [3.8, 4) is 0 Å². The summed E-state index contributed by atoms with van der Waals surface area (Å²) in [6.07, 6.45) is 1.80. The molecule has 0 aliphatic heterocycles. The Balaban J connectivity index is 2.05. The third-order valence-corrected chi connectivity index (χ3v) is 4.89. The molecule has 0 saturated carbocycles. The summed E-state index contributed by atoms with van der Waals surface area (Å²) in [5.74, 6) is -0.988. The molecule has 0 aliphatic rings. The number of hydrogen-bond acceptors (Lipinski definition) is 3. The van der Waals surface area contributed by atoms with Gasteiger partial charge in [-0.3, -0.25) is 9.10 Å². The highest BCUT2D eigenvalue weighted by Gasteiger charge is 2.21. The predicted octanol–water partition coefficient (Wildman–Crippen LogP) is 3.18. The topological polar surface area (TPSA) is 66.5 Å². The van der Waals surface area contributed by atoms with Crippen molar-refractivity contribution in [2.45, 2.75) is 19.8 Å². The Bertz CT molecular complexity index is 836. The lowest BCUT2D eigenvalue weighted by Crippen LogP contribution is -2.33. The van der Waals surface area contributed by atoms with Crippen molar-refractivity contribution in [3.63, 3.8) is 0 Å². The maximum absolute atomic E-state index is 13.9. The molecule has 25 heavy (non-hydrogen) atoms. The number of amides is 1. The molecule has 0 atom stereocenters. The van der Waals surface area contributed by atoms with E-state index in [1.165, 1.54) is 18.2 Å². The number of rotatable bonds is 7. The molecule has 0 fully saturated rings. The van der Waals surface area contributed by atoms with Gasteiger partial charge in [-0.15, -0.1) is 0 Å². The lowest BCUT2D eigenvalue weighted by molar-refractivity contribution is -0.116. The molecule has 0 aliphatic carbocycles. The minimum atomic E-state index is -3.70. The number of nitrogens with one attached hydrogen (secondary N) is 1. The second-order valence-electron chi connectivity index (χ2n) is 5.64. The summed E-state index contributed by atoms with van der Waals surface area (Å²) in [7, 11) is -3.70. The van der Waals surface area contributed by atoms with Crippen molar-refractivity contribution in [2.75, 3.05) is 22.4 Å². The number of para-hydroxylation sites is 1. The molecule has 0 bridgehead atoms. The third kappa shape index (κ3) is 5.29. The van der Waals surface area contributed by atoms with E-state index in [1.807, 2.05) is 19.1 Å². The van der Waals surface area contributed by atoms with Gasteiger partial charge in [-0.25, -0.2) is 12.8 Å². The van der Waals surface area contributed by atoms with E-state index in [0.29, 0.717) is 5.69 Å². The van der Waals surface area contributed by atoms with Crippen molar-refractivity contribution in [2.24, 2.45) is 0 Å². The number of carbonyl (C=O) groups is 1. The van der Waals surface area contributed by atoms with E-state index >= 15 is 0 Å². The van der Waals surface area contributed by atoms with Gasteiger partial charge >= 0.3 is 0 Å². The minimum absolute atomic E-state index is 0.0647. The van der Waals surface area contributed by atoms with Gasteiger partial charge < -0.3 is 5.32 Å². The van der Waals surface area contributed by atoms with Gasteiger partial charge in [0.15, 0.2) is 0 Å². The first-order valence-corrected chi connectivity index (χ1v) is 9.77. The summed E-state index contributed by atoms with van der Waals surface area (Å²) in [5, 5.41) is 2.71. The second kappa shape index (κ2) is 8.11. The van der Waals surface area contributed by atoms with Crippen LogP contribution in [0.4, 0.5) is 15.8 Å². The van der Waals surface area contributed by atoms with Gasteiger partial charge in [0.1, 0.15) is 5.82 Å². The standard InChI is InChI=1S/C18H21FN2O3S/c1-3-14-8-10-15(11-9-14)20-18(22)12-13-21(25(2,23)24)17-7-5-4-6-16(17)19/h4-11H,3,12-13H2,1-2H3,(H,20,22). The number of nitrogens with zero attached hydrogens (tertiary/aromatic N) is 1. The zero-order chi connectivity index (χ0) is 18.4. The Morgan fingerprint density at radius 3 is 2.32 bits per heavy atom. The third-order valence-electron chi connectivity index (χ3n) is 3.71. The quantitative estimate of drug-likeness (QED) is 0.820. The molecule has 2 aromatic carbocycles. The van der Waals surface area contributed by atoms with Crippen molar-refractivity contribution in [1.82, 2.24) is 0 Å². The molecular formula is C18H21FN2O3S. The Morgan fingerprint density at radius 1 is 1.12 bits per heavy atom. The molecule has 0 aromatic heterocycles. The molecule has 2 rings (SSSR count). The molecule has 0 unspecified atom stereocenters. The molecule has 7 heteroatoms. The highest BCUT2D eigenvalue weighted by atomic mass is 32.2. The SMILES string of the molecule is CCc1ccc(NC(=O)CCN(c2ccccc2F)S(C)(=O)=O)cc1. The zero-order valence-corrected chi connectivity index (χ0v) is 15.0. The van der Waals surface area contributed by atoms with Crippen LogP contribution in [0.2, 0.25) is 0 Å². The van der Waals surface area contributed by atoms with E-state index in [-0.39, 0.29) is 24.6 Å². The number of sulfonamides is 1. The Hall–Kier alpha value is -2.41. The van der Waals surface area contributed by atoms with Crippen LogP contribution in [-0.2, 0) is 21.2 Å². The van der Waals surface area contributed by atoms with Crippen LogP contribution in [0.5, 0.6) is 0 Å². The Kier molecular flexibility index (Phi) is 6.14. The smallest absolute Gasteiger partial charge is 0.232 e. The van der Waals surface area contributed by atoms with E-state index < -0.39 is 15.8 Å². The largest absolute Gasteiger partial charge is 0.326 e. The Morgan fingerprint density at radius 2 is 1.76 bits per heavy atom. The number of anilines is 2. The maximum atomic E-state index is 13.9. The van der Waals surface area contributed by atoms with E-state index in [1.54, 1.807) is 18.2 Å². The monoisotopic (exact) mass is 364 g/mol. The summed E-state index contributed by atoms with van der Waals surface area (Å²) < 4.78 is 38.7. The summed E-state index contributed by atoms with van der Waals surface area (Å²) in [6.45, 7) is 1.90. The highest BCUT2D eigenvalue weighted by molar-refractivity contribution is 7.92. The van der Waals surface area contributed by atoms with Crippen LogP contribution in [0.1, 0.15) is 18.9 Å². The summed E-state index contributed by atoms with van der Waals surface area (Å²) in [6, 6.07) is 13.0. The van der Waals surface area contributed by atoms with Gasteiger partial charge in [0.2, 0.25) is 15.9 Å².